The number of amides is 3. The summed E-state index contributed by atoms with van der Waals surface area (Å²) in [5.41, 5.74) is 0.566. The molecule has 0 aliphatic carbocycles. The number of hydrogen-bond donors (Lipinski definition) is 1. The van der Waals surface area contributed by atoms with Gasteiger partial charge in [0.15, 0.2) is 0 Å². The van der Waals surface area contributed by atoms with E-state index in [9.17, 15) is 9.59 Å². The van der Waals surface area contributed by atoms with Gasteiger partial charge in [0, 0.05) is 37.6 Å². The fourth-order valence-electron chi connectivity index (χ4n) is 3.65. The molecule has 0 radical (unpaired) electrons. The maximum absolute atomic E-state index is 12.5. The van der Waals surface area contributed by atoms with Crippen LogP contribution in [0.5, 0.6) is 5.75 Å². The van der Waals surface area contributed by atoms with Crippen molar-refractivity contribution in [2.24, 2.45) is 5.92 Å². The lowest BCUT2D eigenvalue weighted by molar-refractivity contribution is -0.131. The van der Waals surface area contributed by atoms with E-state index in [1.807, 2.05) is 4.90 Å². The third-order valence-corrected chi connectivity index (χ3v) is 5.46. The molecule has 2 heterocycles. The number of carbonyl (C=O) groups is 2. The molecule has 1 aromatic rings. The first-order valence-electron chi connectivity index (χ1n) is 9.24. The Balaban J connectivity index is 1.49. The molecule has 1 aromatic carbocycles. The Labute approximate surface area is 159 Å². The number of methoxy groups -OCH3 is 1. The molecule has 2 fully saturated rings. The van der Waals surface area contributed by atoms with Crippen molar-refractivity contribution in [3.05, 3.63) is 23.2 Å². The van der Waals surface area contributed by atoms with Crippen molar-refractivity contribution in [1.82, 2.24) is 9.80 Å². The molecule has 0 bridgehead atoms. The van der Waals surface area contributed by atoms with Crippen molar-refractivity contribution in [1.29, 1.82) is 0 Å². The number of benzene rings is 1. The zero-order valence-corrected chi connectivity index (χ0v) is 15.9. The van der Waals surface area contributed by atoms with E-state index in [-0.39, 0.29) is 11.9 Å². The molecule has 2 aliphatic heterocycles. The smallest absolute Gasteiger partial charge is 0.321 e. The van der Waals surface area contributed by atoms with Gasteiger partial charge in [-0.15, -0.1) is 0 Å². The minimum absolute atomic E-state index is 0.158. The van der Waals surface area contributed by atoms with Crippen LogP contribution in [-0.2, 0) is 4.79 Å². The Morgan fingerprint density at radius 1 is 1.15 bits per heavy atom. The highest BCUT2D eigenvalue weighted by Crippen LogP contribution is 2.29. The number of nitrogens with zero attached hydrogens (tertiary/aromatic N) is 2. The van der Waals surface area contributed by atoms with Crippen molar-refractivity contribution in [2.75, 3.05) is 38.6 Å². The van der Waals surface area contributed by atoms with E-state index in [0.29, 0.717) is 41.9 Å². The zero-order chi connectivity index (χ0) is 18.5. The second kappa shape index (κ2) is 8.62. The van der Waals surface area contributed by atoms with Gasteiger partial charge in [0.2, 0.25) is 5.91 Å². The molecular weight excluding hydrogens is 354 g/mol. The third kappa shape index (κ3) is 4.61. The molecule has 142 valence electrons. The van der Waals surface area contributed by atoms with Gasteiger partial charge in [-0.05, 0) is 49.8 Å². The topological polar surface area (TPSA) is 61.9 Å². The molecular formula is C19H26ClN3O3. The normalized spacial score (nSPS) is 18.1. The molecule has 26 heavy (non-hydrogen) atoms. The number of nitrogens with one attached hydrogen (secondary N) is 1. The van der Waals surface area contributed by atoms with E-state index >= 15 is 0 Å². The summed E-state index contributed by atoms with van der Waals surface area (Å²) in [6.07, 6.45) is 4.57. The molecule has 6 nitrogen and oxygen atoms in total. The molecule has 0 aromatic heterocycles. The van der Waals surface area contributed by atoms with Crippen LogP contribution in [0.1, 0.15) is 32.1 Å². The Morgan fingerprint density at radius 3 is 2.50 bits per heavy atom. The molecule has 2 aliphatic rings. The van der Waals surface area contributed by atoms with E-state index in [1.165, 1.54) is 0 Å². The van der Waals surface area contributed by atoms with Crippen molar-refractivity contribution >= 4 is 29.2 Å². The SMILES string of the molecule is COc1ccc(Cl)cc1NC(=O)N1CCC(CC(=O)N2CCCC2)CC1. The standard InChI is InChI=1S/C19H26ClN3O3/c1-26-17-5-4-15(20)13-16(17)21-19(25)23-10-6-14(7-11-23)12-18(24)22-8-2-3-9-22/h4-5,13-14H,2-3,6-12H2,1H3,(H,21,25). The fourth-order valence-corrected chi connectivity index (χ4v) is 3.83. The summed E-state index contributed by atoms with van der Waals surface area (Å²) in [5, 5.41) is 3.42. The Morgan fingerprint density at radius 2 is 1.85 bits per heavy atom. The lowest BCUT2D eigenvalue weighted by Crippen LogP contribution is -2.42. The Hall–Kier alpha value is -1.95. The molecule has 3 rings (SSSR count). The van der Waals surface area contributed by atoms with Crippen LogP contribution < -0.4 is 10.1 Å². The van der Waals surface area contributed by atoms with Gasteiger partial charge >= 0.3 is 6.03 Å². The van der Waals surface area contributed by atoms with E-state index in [0.717, 1.165) is 38.8 Å². The summed E-state index contributed by atoms with van der Waals surface area (Å²) in [7, 11) is 1.56. The minimum Gasteiger partial charge on any atom is -0.495 e. The summed E-state index contributed by atoms with van der Waals surface area (Å²) in [6, 6.07) is 4.97. The van der Waals surface area contributed by atoms with Crippen molar-refractivity contribution < 1.29 is 14.3 Å². The van der Waals surface area contributed by atoms with E-state index in [2.05, 4.69) is 5.32 Å². The first-order valence-corrected chi connectivity index (χ1v) is 9.62. The van der Waals surface area contributed by atoms with Gasteiger partial charge < -0.3 is 19.9 Å². The maximum Gasteiger partial charge on any atom is 0.321 e. The number of piperidine rings is 1. The van der Waals surface area contributed by atoms with Crippen LogP contribution in [-0.4, -0.2) is 55.0 Å². The van der Waals surface area contributed by atoms with Gasteiger partial charge in [0.25, 0.3) is 0 Å². The zero-order valence-electron chi connectivity index (χ0n) is 15.2. The lowest BCUT2D eigenvalue weighted by Gasteiger charge is -2.32. The Bertz CT molecular complexity index is 653. The molecule has 0 spiro atoms. The third-order valence-electron chi connectivity index (χ3n) is 5.23. The van der Waals surface area contributed by atoms with Gasteiger partial charge in [0.1, 0.15) is 5.75 Å². The van der Waals surface area contributed by atoms with Gasteiger partial charge in [0.05, 0.1) is 12.8 Å². The van der Waals surface area contributed by atoms with Crippen molar-refractivity contribution in [2.45, 2.75) is 32.1 Å². The second-order valence-corrected chi connectivity index (χ2v) is 7.43. The van der Waals surface area contributed by atoms with Crippen molar-refractivity contribution in [3.8, 4) is 5.75 Å². The largest absolute Gasteiger partial charge is 0.495 e. The highest BCUT2D eigenvalue weighted by atomic mass is 35.5. The van der Waals surface area contributed by atoms with Crippen LogP contribution in [0.2, 0.25) is 5.02 Å². The predicted molar refractivity (Wildman–Crippen MR) is 102 cm³/mol. The molecule has 0 atom stereocenters. The number of halogens is 1. The van der Waals surface area contributed by atoms with Crippen LogP contribution in [0.15, 0.2) is 18.2 Å². The predicted octanol–water partition coefficient (Wildman–Crippen LogP) is 3.61. The number of anilines is 1. The maximum atomic E-state index is 12.5. The number of rotatable bonds is 4. The summed E-state index contributed by atoms with van der Waals surface area (Å²) in [6.45, 7) is 3.13. The summed E-state index contributed by atoms with van der Waals surface area (Å²) < 4.78 is 5.26. The van der Waals surface area contributed by atoms with E-state index in [4.69, 9.17) is 16.3 Å². The van der Waals surface area contributed by atoms with Crippen LogP contribution in [0, 0.1) is 5.92 Å². The van der Waals surface area contributed by atoms with Gasteiger partial charge in [-0.25, -0.2) is 4.79 Å². The number of likely N-dealkylation sites (tertiary alicyclic amines) is 2. The molecule has 1 N–H and O–H groups in total. The molecule has 0 unspecified atom stereocenters. The van der Waals surface area contributed by atoms with Crippen LogP contribution in [0.3, 0.4) is 0 Å². The Kier molecular flexibility index (Phi) is 6.25. The molecule has 2 saturated heterocycles. The second-order valence-electron chi connectivity index (χ2n) is 7.00. The highest BCUT2D eigenvalue weighted by Gasteiger charge is 2.27. The summed E-state index contributed by atoms with van der Waals surface area (Å²) in [4.78, 5) is 28.6. The molecule has 3 amide bonds. The van der Waals surface area contributed by atoms with Gasteiger partial charge in [-0.1, -0.05) is 11.6 Å². The fraction of sp³-hybridized carbons (Fsp3) is 0.579. The minimum atomic E-state index is -0.158. The van der Waals surface area contributed by atoms with Crippen LogP contribution >= 0.6 is 11.6 Å². The summed E-state index contributed by atoms with van der Waals surface area (Å²) >= 11 is 6.01. The van der Waals surface area contributed by atoms with Crippen molar-refractivity contribution in [3.63, 3.8) is 0 Å². The summed E-state index contributed by atoms with van der Waals surface area (Å²) in [5.74, 6) is 1.22. The lowest BCUT2D eigenvalue weighted by atomic mass is 9.93. The molecule has 7 heteroatoms. The first-order chi connectivity index (χ1) is 12.6. The van der Waals surface area contributed by atoms with E-state index < -0.39 is 0 Å². The van der Waals surface area contributed by atoms with Crippen LogP contribution in [0.4, 0.5) is 10.5 Å². The first kappa shape index (κ1) is 18.8. The monoisotopic (exact) mass is 379 g/mol. The molecule has 0 saturated carbocycles. The van der Waals surface area contributed by atoms with E-state index in [1.54, 1.807) is 30.2 Å². The van der Waals surface area contributed by atoms with Gasteiger partial charge in [-0.3, -0.25) is 4.79 Å². The number of urea groups is 1. The van der Waals surface area contributed by atoms with Gasteiger partial charge in [-0.2, -0.15) is 0 Å². The highest BCUT2D eigenvalue weighted by molar-refractivity contribution is 6.31. The van der Waals surface area contributed by atoms with Crippen LogP contribution in [0.25, 0.3) is 0 Å². The average molecular weight is 380 g/mol. The number of ether oxygens (including phenoxy) is 1. The number of carbonyl (C=O) groups excluding carboxylic acids is 2. The average Bonchev–Trinajstić information content (AvgIpc) is 3.17. The number of hydrogen-bond acceptors (Lipinski definition) is 3. The quantitative estimate of drug-likeness (QED) is 0.869.